The van der Waals surface area contributed by atoms with Gasteiger partial charge in [-0.25, -0.2) is 0 Å². The van der Waals surface area contributed by atoms with Gasteiger partial charge in [-0.05, 0) is 12.5 Å². The summed E-state index contributed by atoms with van der Waals surface area (Å²) in [7, 11) is 0. The van der Waals surface area contributed by atoms with Crippen molar-refractivity contribution in [1.29, 1.82) is 0 Å². The van der Waals surface area contributed by atoms with Crippen LogP contribution < -0.4 is 14.8 Å². The van der Waals surface area contributed by atoms with E-state index >= 15 is 0 Å². The highest BCUT2D eigenvalue weighted by Gasteiger charge is 2.27. The number of hydrogen-bond acceptors (Lipinski definition) is 4. The molecular weight excluding hydrogens is 311 g/mol. The van der Waals surface area contributed by atoms with Crippen molar-refractivity contribution in [1.82, 2.24) is 10.2 Å². The summed E-state index contributed by atoms with van der Waals surface area (Å²) in [6.45, 7) is 8.43. The van der Waals surface area contributed by atoms with Crippen molar-refractivity contribution < 1.29 is 9.47 Å². The van der Waals surface area contributed by atoms with Crippen LogP contribution in [-0.2, 0) is 0 Å². The minimum Gasteiger partial charge on any atom is -0.454 e. The lowest BCUT2D eigenvalue weighted by Gasteiger charge is -2.35. The van der Waals surface area contributed by atoms with Crippen LogP contribution in [0.15, 0.2) is 30.9 Å². The first kappa shape index (κ1) is 18.1. The molecule has 4 nitrogen and oxygen atoms in total. The molecule has 0 aliphatic carbocycles. The van der Waals surface area contributed by atoms with E-state index in [1.807, 2.05) is 18.2 Å². The first-order valence-corrected chi connectivity index (χ1v) is 6.84. The van der Waals surface area contributed by atoms with Crippen LogP contribution in [-0.4, -0.2) is 37.9 Å². The molecule has 1 N–H and O–H groups in total. The van der Waals surface area contributed by atoms with Crippen LogP contribution in [0.25, 0.3) is 0 Å². The molecule has 21 heavy (non-hydrogen) atoms. The second-order valence-electron chi connectivity index (χ2n) is 4.91. The Morgan fingerprint density at radius 3 is 2.71 bits per heavy atom. The summed E-state index contributed by atoms with van der Waals surface area (Å²) >= 11 is 0. The Morgan fingerprint density at radius 1 is 1.24 bits per heavy atom. The van der Waals surface area contributed by atoms with E-state index in [-0.39, 0.29) is 24.8 Å². The smallest absolute Gasteiger partial charge is 0.231 e. The number of ether oxygens (including phenoxy) is 2. The molecule has 6 heteroatoms. The van der Waals surface area contributed by atoms with E-state index in [9.17, 15) is 0 Å². The van der Waals surface area contributed by atoms with Gasteiger partial charge in [-0.1, -0.05) is 18.2 Å². The quantitative estimate of drug-likeness (QED) is 0.859. The van der Waals surface area contributed by atoms with Gasteiger partial charge in [-0.3, -0.25) is 4.90 Å². The Kier molecular flexibility index (Phi) is 7.32. The molecule has 0 saturated carbocycles. The molecule has 118 valence electrons. The van der Waals surface area contributed by atoms with Crippen molar-refractivity contribution in [2.24, 2.45) is 0 Å². The zero-order valence-corrected chi connectivity index (χ0v) is 13.5. The number of nitrogens with one attached hydrogen (secondary N) is 1. The number of halogens is 2. The molecule has 2 heterocycles. The zero-order valence-electron chi connectivity index (χ0n) is 11.9. The van der Waals surface area contributed by atoms with E-state index in [1.54, 1.807) is 0 Å². The average molecular weight is 333 g/mol. The summed E-state index contributed by atoms with van der Waals surface area (Å²) in [4.78, 5) is 2.50. The standard InChI is InChI=1S/C15H20N2O2.2ClH/c1-2-4-13(17-9-7-16-8-10-17)12-5-3-6-14-15(12)19-11-18-14;;/h2-3,5-6,13,16H,1,4,7-11H2;2*1H/t13-;;/m0../s1. The Bertz CT molecular complexity index is 465. The molecule has 0 amide bonds. The zero-order chi connectivity index (χ0) is 13.1. The summed E-state index contributed by atoms with van der Waals surface area (Å²) in [5.41, 5.74) is 1.22. The van der Waals surface area contributed by atoms with Gasteiger partial charge in [0.2, 0.25) is 6.79 Å². The van der Waals surface area contributed by atoms with Crippen molar-refractivity contribution in [3.63, 3.8) is 0 Å². The summed E-state index contributed by atoms with van der Waals surface area (Å²) in [6.07, 6.45) is 2.92. The molecule has 0 spiro atoms. The fourth-order valence-electron chi connectivity index (χ4n) is 2.84. The van der Waals surface area contributed by atoms with Crippen molar-refractivity contribution in [2.75, 3.05) is 33.0 Å². The molecule has 3 rings (SSSR count). The first-order valence-electron chi connectivity index (χ1n) is 6.84. The summed E-state index contributed by atoms with van der Waals surface area (Å²) in [5.74, 6) is 1.77. The van der Waals surface area contributed by atoms with E-state index in [1.165, 1.54) is 5.56 Å². The van der Waals surface area contributed by atoms with E-state index in [0.29, 0.717) is 12.8 Å². The molecule has 1 aromatic carbocycles. The summed E-state index contributed by atoms with van der Waals surface area (Å²) in [5, 5.41) is 3.39. The van der Waals surface area contributed by atoms with Crippen molar-refractivity contribution in [2.45, 2.75) is 12.5 Å². The lowest BCUT2D eigenvalue weighted by Crippen LogP contribution is -2.45. The second-order valence-corrected chi connectivity index (χ2v) is 4.91. The minimum absolute atomic E-state index is 0. The molecule has 0 radical (unpaired) electrons. The molecule has 1 aromatic rings. The van der Waals surface area contributed by atoms with Gasteiger partial charge in [0.05, 0.1) is 0 Å². The minimum atomic E-state index is 0. The third-order valence-corrected chi connectivity index (χ3v) is 3.77. The molecule has 2 aliphatic rings. The molecule has 0 unspecified atom stereocenters. The maximum atomic E-state index is 5.65. The molecular formula is C15H22Cl2N2O2. The molecule has 2 aliphatic heterocycles. The maximum Gasteiger partial charge on any atom is 0.231 e. The van der Waals surface area contributed by atoms with Crippen molar-refractivity contribution in [3.8, 4) is 11.5 Å². The van der Waals surface area contributed by atoms with Gasteiger partial charge < -0.3 is 14.8 Å². The van der Waals surface area contributed by atoms with Crippen LogP contribution in [0, 0.1) is 0 Å². The third-order valence-electron chi connectivity index (χ3n) is 3.77. The van der Waals surface area contributed by atoms with Gasteiger partial charge in [-0.15, -0.1) is 31.4 Å². The van der Waals surface area contributed by atoms with Gasteiger partial charge in [0, 0.05) is 37.8 Å². The third kappa shape index (κ3) is 3.83. The van der Waals surface area contributed by atoms with Crippen LogP contribution in [0.4, 0.5) is 0 Å². The molecule has 1 atom stereocenters. The lowest BCUT2D eigenvalue weighted by atomic mass is 9.99. The van der Waals surface area contributed by atoms with Crippen LogP contribution in [0.3, 0.4) is 0 Å². The Labute approximate surface area is 138 Å². The van der Waals surface area contributed by atoms with Crippen LogP contribution in [0.2, 0.25) is 0 Å². The largest absolute Gasteiger partial charge is 0.454 e. The predicted molar refractivity (Wildman–Crippen MR) is 89.1 cm³/mol. The normalized spacial score (nSPS) is 18.3. The predicted octanol–water partition coefficient (Wildman–Crippen LogP) is 2.78. The molecule has 1 saturated heterocycles. The SMILES string of the molecule is C=CC[C@@H](c1cccc2c1OCO2)N1CCNCC1.Cl.Cl. The molecule has 0 bridgehead atoms. The second kappa shape index (κ2) is 8.49. The van der Waals surface area contributed by atoms with Crippen molar-refractivity contribution >= 4 is 24.8 Å². The highest BCUT2D eigenvalue weighted by Crippen LogP contribution is 2.41. The van der Waals surface area contributed by atoms with E-state index in [2.05, 4.69) is 22.9 Å². The van der Waals surface area contributed by atoms with Crippen molar-refractivity contribution in [3.05, 3.63) is 36.4 Å². The van der Waals surface area contributed by atoms with E-state index < -0.39 is 0 Å². The fourth-order valence-corrected chi connectivity index (χ4v) is 2.84. The lowest BCUT2D eigenvalue weighted by molar-refractivity contribution is 0.159. The summed E-state index contributed by atoms with van der Waals surface area (Å²) < 4.78 is 11.1. The van der Waals surface area contributed by atoms with E-state index in [4.69, 9.17) is 9.47 Å². The maximum absolute atomic E-state index is 5.65. The number of nitrogens with zero attached hydrogens (tertiary/aromatic N) is 1. The number of benzene rings is 1. The van der Waals surface area contributed by atoms with Crippen LogP contribution in [0.1, 0.15) is 18.0 Å². The Balaban J connectivity index is 0.00000110. The number of rotatable bonds is 4. The van der Waals surface area contributed by atoms with E-state index in [0.717, 1.165) is 44.1 Å². The highest BCUT2D eigenvalue weighted by atomic mass is 35.5. The van der Waals surface area contributed by atoms with Gasteiger partial charge in [-0.2, -0.15) is 0 Å². The molecule has 0 aromatic heterocycles. The fraction of sp³-hybridized carbons (Fsp3) is 0.467. The number of hydrogen-bond donors (Lipinski definition) is 1. The van der Waals surface area contributed by atoms with Crippen LogP contribution in [0.5, 0.6) is 11.5 Å². The van der Waals surface area contributed by atoms with Gasteiger partial charge in [0.1, 0.15) is 0 Å². The van der Waals surface area contributed by atoms with Gasteiger partial charge in [0.25, 0.3) is 0 Å². The Hall–Kier alpha value is -0.940. The summed E-state index contributed by atoms with van der Waals surface area (Å²) in [6, 6.07) is 6.48. The first-order chi connectivity index (χ1) is 9.40. The Morgan fingerprint density at radius 2 is 2.00 bits per heavy atom. The number of piperazine rings is 1. The monoisotopic (exact) mass is 332 g/mol. The number of fused-ring (bicyclic) bond motifs is 1. The van der Waals surface area contributed by atoms with Gasteiger partial charge >= 0.3 is 0 Å². The highest BCUT2D eigenvalue weighted by molar-refractivity contribution is 5.85. The number of para-hydroxylation sites is 1. The molecule has 1 fully saturated rings. The van der Waals surface area contributed by atoms with Gasteiger partial charge in [0.15, 0.2) is 11.5 Å². The van der Waals surface area contributed by atoms with Crippen LogP contribution >= 0.6 is 24.8 Å². The topological polar surface area (TPSA) is 33.7 Å². The average Bonchev–Trinajstić information content (AvgIpc) is 2.94.